The molecule has 2 saturated heterocycles. The molecule has 5 aliphatic rings. The third-order valence-corrected chi connectivity index (χ3v) is 10.3. The maximum atomic E-state index is 13.5. The first-order valence-corrected chi connectivity index (χ1v) is 13.3. The number of ether oxygens (including phenoxy) is 4. The molecule has 2 bridgehead atoms. The molecule has 3 aliphatic carbocycles. The lowest BCUT2D eigenvalue weighted by molar-refractivity contribution is -0.290. The number of aliphatic hydroxyl groups is 3. The average Bonchev–Trinajstić information content (AvgIpc) is 3.18. The minimum absolute atomic E-state index is 0.0302. The van der Waals surface area contributed by atoms with Crippen molar-refractivity contribution in [1.82, 2.24) is 0 Å². The molecule has 2 aliphatic heterocycles. The summed E-state index contributed by atoms with van der Waals surface area (Å²) in [4.78, 5) is 52.8. The van der Waals surface area contributed by atoms with Crippen LogP contribution in [0.5, 0.6) is 0 Å². The van der Waals surface area contributed by atoms with Gasteiger partial charge in [0.2, 0.25) is 11.7 Å². The monoisotopic (exact) mass is 548 g/mol. The Bertz CT molecular complexity index is 1200. The molecule has 2 saturated carbocycles. The van der Waals surface area contributed by atoms with Crippen LogP contribution in [-0.4, -0.2) is 82.7 Å². The van der Waals surface area contributed by atoms with Crippen LogP contribution in [0.15, 0.2) is 23.0 Å². The number of hydrogen-bond donors (Lipinski definition) is 3. The van der Waals surface area contributed by atoms with E-state index in [0.29, 0.717) is 11.1 Å². The van der Waals surface area contributed by atoms with E-state index in [1.165, 1.54) is 6.08 Å². The Labute approximate surface area is 226 Å². The lowest BCUT2D eigenvalue weighted by Gasteiger charge is -2.67. The molecule has 0 radical (unpaired) electrons. The van der Waals surface area contributed by atoms with E-state index in [1.54, 1.807) is 20.8 Å². The zero-order valence-corrected chi connectivity index (χ0v) is 22.9. The number of allylic oxidation sites excluding steroid dienone is 3. The molecule has 0 aromatic heterocycles. The highest BCUT2D eigenvalue weighted by atomic mass is 16.6. The zero-order chi connectivity index (χ0) is 28.8. The molecule has 39 heavy (non-hydrogen) atoms. The number of Topliss-reactive ketones (excluding diaryl/α,β-unsaturated/α-hetero) is 1. The predicted molar refractivity (Wildman–Crippen MR) is 132 cm³/mol. The minimum atomic E-state index is -2.22. The molecule has 2 unspecified atom stereocenters. The summed E-state index contributed by atoms with van der Waals surface area (Å²) in [6.07, 6.45) is -4.75. The highest BCUT2D eigenvalue weighted by Crippen LogP contribution is 2.72. The number of hydrogen-bond acceptors (Lipinski definition) is 11. The van der Waals surface area contributed by atoms with Crippen molar-refractivity contribution in [2.24, 2.45) is 34.5 Å². The summed E-state index contributed by atoms with van der Waals surface area (Å²) >= 11 is 0. The van der Waals surface area contributed by atoms with Gasteiger partial charge in [0.05, 0.1) is 25.7 Å². The maximum Gasteiger partial charge on any atom is 0.348 e. The van der Waals surface area contributed by atoms with Gasteiger partial charge in [-0.05, 0) is 43.1 Å². The Hall–Kier alpha value is -2.76. The van der Waals surface area contributed by atoms with E-state index in [-0.39, 0.29) is 31.1 Å². The third-order valence-electron chi connectivity index (χ3n) is 10.3. The van der Waals surface area contributed by atoms with Gasteiger partial charge in [-0.2, -0.15) is 0 Å². The molecular weight excluding hydrogens is 512 g/mol. The van der Waals surface area contributed by atoms with Crippen molar-refractivity contribution in [1.29, 1.82) is 0 Å². The Kier molecular flexibility index (Phi) is 6.32. The number of rotatable bonds is 4. The van der Waals surface area contributed by atoms with Gasteiger partial charge in [-0.1, -0.05) is 26.3 Å². The largest absolute Gasteiger partial charge is 0.504 e. The first-order chi connectivity index (χ1) is 18.2. The molecule has 11 nitrogen and oxygen atoms in total. The second-order valence-electron chi connectivity index (χ2n) is 12.3. The van der Waals surface area contributed by atoms with E-state index in [4.69, 9.17) is 18.9 Å². The van der Waals surface area contributed by atoms with Crippen LogP contribution in [0.2, 0.25) is 0 Å². The molecular formula is C28H36O11. The Morgan fingerprint density at radius 3 is 2.46 bits per heavy atom. The van der Waals surface area contributed by atoms with Crippen LogP contribution in [0, 0.1) is 34.5 Å². The van der Waals surface area contributed by atoms with Crippen LogP contribution in [-0.2, 0) is 38.1 Å². The lowest BCUT2D eigenvalue weighted by atomic mass is 9.38. The lowest BCUT2D eigenvalue weighted by Crippen LogP contribution is -2.79. The van der Waals surface area contributed by atoms with Gasteiger partial charge in [0.15, 0.2) is 11.5 Å². The maximum absolute atomic E-state index is 13.5. The van der Waals surface area contributed by atoms with E-state index >= 15 is 0 Å². The van der Waals surface area contributed by atoms with E-state index in [0.717, 1.165) is 7.11 Å². The van der Waals surface area contributed by atoms with Gasteiger partial charge in [0, 0.05) is 23.8 Å². The smallest absolute Gasteiger partial charge is 0.348 e. The number of fused-ring (bicyclic) bond motifs is 2. The standard InChI is InChI=1S/C28H36O11/c1-11(2)12(3)7-17(30)39-20-22-27-10-37-28(22,25(35)36-6)23(33)19(32)21(27)26(5)9-15(29)18(31)13(4)14(26)8-16(27)38-24(20)34/h7,11,14,16,19-23,31-33H,8-10H2,1-6H3/t14-,16+,19?,20+,21-,22-,23-,26-,27?,28-/m0/s1. The van der Waals surface area contributed by atoms with Crippen molar-refractivity contribution in [2.45, 2.75) is 77.5 Å². The van der Waals surface area contributed by atoms with Crippen LogP contribution in [0.25, 0.3) is 0 Å². The fourth-order valence-electron chi connectivity index (χ4n) is 8.37. The van der Waals surface area contributed by atoms with Gasteiger partial charge >= 0.3 is 17.9 Å². The molecule has 5 rings (SSSR count). The summed E-state index contributed by atoms with van der Waals surface area (Å²) < 4.78 is 22.7. The van der Waals surface area contributed by atoms with Gasteiger partial charge in [0.25, 0.3) is 0 Å². The van der Waals surface area contributed by atoms with Gasteiger partial charge < -0.3 is 34.3 Å². The van der Waals surface area contributed by atoms with Gasteiger partial charge in [-0.25, -0.2) is 14.4 Å². The van der Waals surface area contributed by atoms with Gasteiger partial charge in [0.1, 0.15) is 12.2 Å². The molecule has 0 aromatic rings. The number of aliphatic hydroxyl groups excluding tert-OH is 3. The first kappa shape index (κ1) is 27.8. The molecule has 1 spiro atoms. The molecule has 4 fully saturated rings. The molecule has 0 aromatic carbocycles. The second-order valence-corrected chi connectivity index (χ2v) is 12.3. The number of carbonyl (C=O) groups is 4. The predicted octanol–water partition coefficient (Wildman–Crippen LogP) is 1.15. The van der Waals surface area contributed by atoms with Crippen molar-refractivity contribution in [3.8, 4) is 0 Å². The van der Waals surface area contributed by atoms with Crippen LogP contribution in [0.4, 0.5) is 0 Å². The van der Waals surface area contributed by atoms with Crippen LogP contribution in [0.1, 0.15) is 47.5 Å². The number of ketones is 1. The fourth-order valence-corrected chi connectivity index (χ4v) is 8.37. The van der Waals surface area contributed by atoms with Crippen LogP contribution >= 0.6 is 0 Å². The van der Waals surface area contributed by atoms with Crippen molar-refractivity contribution >= 4 is 23.7 Å². The second kappa shape index (κ2) is 8.87. The fraction of sp³-hybridized carbons (Fsp3) is 0.714. The molecule has 0 amide bonds. The quantitative estimate of drug-likeness (QED) is 0.262. The van der Waals surface area contributed by atoms with E-state index in [9.17, 15) is 34.5 Å². The van der Waals surface area contributed by atoms with E-state index < -0.39 is 82.3 Å². The van der Waals surface area contributed by atoms with Crippen molar-refractivity contribution in [3.05, 3.63) is 23.0 Å². The Balaban J connectivity index is 1.71. The number of esters is 3. The normalized spacial score (nSPS) is 44.9. The van der Waals surface area contributed by atoms with Crippen LogP contribution in [0.3, 0.4) is 0 Å². The van der Waals surface area contributed by atoms with Crippen LogP contribution < -0.4 is 0 Å². The number of carbonyl (C=O) groups excluding carboxylic acids is 4. The van der Waals surface area contributed by atoms with E-state index in [2.05, 4.69) is 0 Å². The molecule has 3 N–H and O–H groups in total. The summed E-state index contributed by atoms with van der Waals surface area (Å²) in [5.74, 6) is -6.26. The number of methoxy groups -OCH3 is 1. The Morgan fingerprint density at radius 1 is 1.18 bits per heavy atom. The topological polar surface area (TPSA) is 166 Å². The van der Waals surface area contributed by atoms with Gasteiger partial charge in [-0.15, -0.1) is 0 Å². The summed E-state index contributed by atoms with van der Waals surface area (Å²) in [6, 6.07) is 0. The summed E-state index contributed by atoms with van der Waals surface area (Å²) in [6.45, 7) is 8.72. The average molecular weight is 549 g/mol. The van der Waals surface area contributed by atoms with Crippen molar-refractivity contribution in [3.63, 3.8) is 0 Å². The third kappa shape index (κ3) is 3.39. The molecule has 214 valence electrons. The molecule has 11 heteroatoms. The SMILES string of the molecule is COC(=O)[C@@]12OCC34[C@@H](C(O)[C@@H]1O)[C@@]1(C)CC(=O)C(O)=C(C)[C@@H]1C[C@H]3OC(=O)[C@H](OC(=O)C=C(C)C(C)C)[C@@H]42. The van der Waals surface area contributed by atoms with E-state index in [1.807, 2.05) is 13.8 Å². The van der Waals surface area contributed by atoms with Crippen molar-refractivity contribution < 1.29 is 53.4 Å². The minimum Gasteiger partial charge on any atom is -0.504 e. The highest BCUT2D eigenvalue weighted by molar-refractivity contribution is 5.95. The first-order valence-electron chi connectivity index (χ1n) is 13.3. The summed E-state index contributed by atoms with van der Waals surface area (Å²) in [5, 5.41) is 33.7. The van der Waals surface area contributed by atoms with Crippen molar-refractivity contribution in [2.75, 3.05) is 13.7 Å². The molecule has 10 atom stereocenters. The zero-order valence-electron chi connectivity index (χ0n) is 22.9. The van der Waals surface area contributed by atoms with Gasteiger partial charge in [-0.3, -0.25) is 4.79 Å². The molecule has 2 heterocycles. The summed E-state index contributed by atoms with van der Waals surface area (Å²) in [7, 11) is 1.10. The highest BCUT2D eigenvalue weighted by Gasteiger charge is 2.85. The Morgan fingerprint density at radius 2 is 1.85 bits per heavy atom. The summed E-state index contributed by atoms with van der Waals surface area (Å²) in [5.41, 5.74) is -3.43.